The van der Waals surface area contributed by atoms with Crippen LogP contribution in [0.5, 0.6) is 5.75 Å². The first kappa shape index (κ1) is 14.5. The summed E-state index contributed by atoms with van der Waals surface area (Å²) in [6.45, 7) is 9.38. The average molecular weight is 286 g/mol. The zero-order valence-electron chi connectivity index (χ0n) is 11.1. The van der Waals surface area contributed by atoms with Gasteiger partial charge in [-0.1, -0.05) is 6.07 Å². The summed E-state index contributed by atoms with van der Waals surface area (Å²) in [5.41, 5.74) is 0.629. The SMILES string of the molecule is [C-]#[N+]c1cc(-c2cc(C(=O)O)c(F)cn2)ccc1OCC. The summed E-state index contributed by atoms with van der Waals surface area (Å²) >= 11 is 0. The van der Waals surface area contributed by atoms with Gasteiger partial charge in [-0.2, -0.15) is 0 Å². The average Bonchev–Trinajstić information content (AvgIpc) is 2.48. The van der Waals surface area contributed by atoms with Crippen molar-refractivity contribution in [3.05, 3.63) is 53.3 Å². The first-order valence-electron chi connectivity index (χ1n) is 6.10. The Labute approximate surface area is 120 Å². The van der Waals surface area contributed by atoms with Gasteiger partial charge >= 0.3 is 5.97 Å². The maximum Gasteiger partial charge on any atom is 0.338 e. The molecule has 0 atom stereocenters. The molecule has 0 amide bonds. The van der Waals surface area contributed by atoms with Gasteiger partial charge in [0.1, 0.15) is 5.75 Å². The molecule has 0 fully saturated rings. The summed E-state index contributed by atoms with van der Waals surface area (Å²) in [6, 6.07) is 5.92. The Bertz CT molecular complexity index is 738. The third-order valence-corrected chi connectivity index (χ3v) is 2.76. The first-order chi connectivity index (χ1) is 10.1. The topological polar surface area (TPSA) is 63.8 Å². The summed E-state index contributed by atoms with van der Waals surface area (Å²) < 4.78 is 18.6. The molecule has 0 bridgehead atoms. The van der Waals surface area contributed by atoms with Crippen LogP contribution in [-0.2, 0) is 0 Å². The zero-order chi connectivity index (χ0) is 15.4. The second-order valence-electron chi connectivity index (χ2n) is 4.08. The number of pyridine rings is 1. The van der Waals surface area contributed by atoms with Gasteiger partial charge in [-0.3, -0.25) is 4.98 Å². The van der Waals surface area contributed by atoms with Crippen molar-refractivity contribution in [1.82, 2.24) is 4.98 Å². The van der Waals surface area contributed by atoms with Crippen LogP contribution in [0.2, 0.25) is 0 Å². The summed E-state index contributed by atoms with van der Waals surface area (Å²) in [5, 5.41) is 8.92. The molecule has 1 N–H and O–H groups in total. The third kappa shape index (κ3) is 2.98. The molecule has 0 aliphatic carbocycles. The van der Waals surface area contributed by atoms with Crippen molar-refractivity contribution < 1.29 is 19.0 Å². The maximum absolute atomic E-state index is 13.3. The van der Waals surface area contributed by atoms with Gasteiger partial charge in [0.25, 0.3) is 0 Å². The van der Waals surface area contributed by atoms with Crippen LogP contribution in [0, 0.1) is 12.4 Å². The molecule has 0 aliphatic heterocycles. The predicted molar refractivity (Wildman–Crippen MR) is 74.0 cm³/mol. The molecule has 1 aromatic carbocycles. The molecule has 5 nitrogen and oxygen atoms in total. The highest BCUT2D eigenvalue weighted by atomic mass is 19.1. The van der Waals surface area contributed by atoms with Gasteiger partial charge in [0.15, 0.2) is 5.82 Å². The van der Waals surface area contributed by atoms with E-state index in [0.717, 1.165) is 12.3 Å². The predicted octanol–water partition coefficient (Wildman–Crippen LogP) is 3.54. The highest BCUT2D eigenvalue weighted by Crippen LogP contribution is 2.32. The summed E-state index contributed by atoms with van der Waals surface area (Å²) in [4.78, 5) is 18.1. The molecule has 2 aromatic rings. The van der Waals surface area contributed by atoms with Crippen molar-refractivity contribution in [3.8, 4) is 17.0 Å². The quantitative estimate of drug-likeness (QED) is 0.873. The van der Waals surface area contributed by atoms with Crippen LogP contribution >= 0.6 is 0 Å². The Kier molecular flexibility index (Phi) is 4.14. The highest BCUT2D eigenvalue weighted by molar-refractivity contribution is 5.89. The van der Waals surface area contributed by atoms with Gasteiger partial charge in [0.2, 0.25) is 5.69 Å². The van der Waals surface area contributed by atoms with Crippen molar-refractivity contribution in [2.24, 2.45) is 0 Å². The Morgan fingerprint density at radius 1 is 1.48 bits per heavy atom. The molecular weight excluding hydrogens is 275 g/mol. The second-order valence-corrected chi connectivity index (χ2v) is 4.08. The monoisotopic (exact) mass is 286 g/mol. The summed E-state index contributed by atoms with van der Waals surface area (Å²) in [5.74, 6) is -1.83. The van der Waals surface area contributed by atoms with E-state index in [-0.39, 0.29) is 11.4 Å². The standard InChI is InChI=1S/C15H11FN2O3/c1-3-21-14-5-4-9(6-13(14)17-2)12-7-10(15(19)20)11(16)8-18-12/h4-8H,3H2,1H3,(H,19,20). The number of carboxylic acid groups (broad SMARTS) is 1. The van der Waals surface area contributed by atoms with Crippen LogP contribution in [0.15, 0.2) is 30.5 Å². The normalized spacial score (nSPS) is 9.95. The lowest BCUT2D eigenvalue weighted by Crippen LogP contribution is -2.02. The van der Waals surface area contributed by atoms with E-state index in [1.807, 2.05) is 6.92 Å². The molecule has 106 valence electrons. The smallest absolute Gasteiger partial charge is 0.338 e. The minimum absolute atomic E-state index is 0.279. The van der Waals surface area contributed by atoms with Gasteiger partial charge in [0, 0.05) is 0 Å². The molecule has 0 aliphatic rings. The highest BCUT2D eigenvalue weighted by Gasteiger charge is 2.14. The number of rotatable bonds is 4. The van der Waals surface area contributed by atoms with E-state index >= 15 is 0 Å². The summed E-state index contributed by atoms with van der Waals surface area (Å²) in [7, 11) is 0. The van der Waals surface area contributed by atoms with Crippen molar-refractivity contribution >= 4 is 11.7 Å². The fraction of sp³-hybridized carbons (Fsp3) is 0.133. The Morgan fingerprint density at radius 2 is 2.24 bits per heavy atom. The van der Waals surface area contributed by atoms with Crippen molar-refractivity contribution in [1.29, 1.82) is 0 Å². The number of aromatic carboxylic acids is 1. The van der Waals surface area contributed by atoms with E-state index in [1.54, 1.807) is 12.1 Å². The Balaban J connectivity index is 2.50. The molecule has 1 aromatic heterocycles. The fourth-order valence-corrected chi connectivity index (χ4v) is 1.80. The number of hydrogen-bond acceptors (Lipinski definition) is 3. The van der Waals surface area contributed by atoms with Crippen LogP contribution in [0.3, 0.4) is 0 Å². The zero-order valence-corrected chi connectivity index (χ0v) is 11.1. The van der Waals surface area contributed by atoms with Gasteiger partial charge in [-0.05, 0) is 30.7 Å². The molecule has 0 radical (unpaired) electrons. The lowest BCUT2D eigenvalue weighted by Gasteiger charge is -2.08. The van der Waals surface area contributed by atoms with Crippen molar-refractivity contribution in [2.45, 2.75) is 6.92 Å². The Hall–Kier alpha value is -2.94. The van der Waals surface area contributed by atoms with Crippen molar-refractivity contribution in [2.75, 3.05) is 6.61 Å². The third-order valence-electron chi connectivity index (χ3n) is 2.76. The van der Waals surface area contributed by atoms with Gasteiger partial charge in [-0.25, -0.2) is 14.0 Å². The molecule has 0 unspecified atom stereocenters. The van der Waals surface area contributed by atoms with Crippen LogP contribution in [-0.4, -0.2) is 22.7 Å². The number of halogens is 1. The van der Waals surface area contributed by atoms with Crippen LogP contribution in [0.4, 0.5) is 10.1 Å². The Morgan fingerprint density at radius 3 is 2.86 bits per heavy atom. The van der Waals surface area contributed by atoms with Crippen molar-refractivity contribution in [3.63, 3.8) is 0 Å². The van der Waals surface area contributed by atoms with Gasteiger partial charge in [-0.15, -0.1) is 0 Å². The van der Waals surface area contributed by atoms with E-state index < -0.39 is 17.3 Å². The molecular formula is C15H11FN2O3. The van der Waals surface area contributed by atoms with Gasteiger partial charge < -0.3 is 9.84 Å². The fourth-order valence-electron chi connectivity index (χ4n) is 1.80. The molecule has 0 saturated carbocycles. The molecule has 1 heterocycles. The van der Waals surface area contributed by atoms with Gasteiger partial charge in [0.05, 0.1) is 30.6 Å². The second kappa shape index (κ2) is 6.01. The molecule has 0 spiro atoms. The number of nitrogens with zero attached hydrogens (tertiary/aromatic N) is 2. The first-order valence-corrected chi connectivity index (χ1v) is 6.10. The number of carboxylic acids is 1. The lowest BCUT2D eigenvalue weighted by molar-refractivity contribution is 0.0691. The van der Waals surface area contributed by atoms with E-state index in [4.69, 9.17) is 16.4 Å². The number of carbonyl (C=O) groups is 1. The molecule has 0 saturated heterocycles. The van der Waals surface area contributed by atoms with E-state index in [2.05, 4.69) is 9.83 Å². The number of ether oxygens (including phenoxy) is 1. The molecule has 2 rings (SSSR count). The number of benzene rings is 1. The van der Waals surface area contributed by atoms with E-state index in [9.17, 15) is 9.18 Å². The van der Waals surface area contributed by atoms with Crippen LogP contribution in [0.25, 0.3) is 16.1 Å². The lowest BCUT2D eigenvalue weighted by atomic mass is 10.1. The molecule has 6 heteroatoms. The van der Waals surface area contributed by atoms with E-state index in [1.165, 1.54) is 6.07 Å². The maximum atomic E-state index is 13.3. The minimum Gasteiger partial charge on any atom is -0.505 e. The number of hydrogen-bond donors (Lipinski definition) is 1. The largest absolute Gasteiger partial charge is 0.505 e. The summed E-state index contributed by atoms with van der Waals surface area (Å²) in [6.07, 6.45) is 0.854. The van der Waals surface area contributed by atoms with Crippen LogP contribution < -0.4 is 4.74 Å². The van der Waals surface area contributed by atoms with Crippen LogP contribution in [0.1, 0.15) is 17.3 Å². The van der Waals surface area contributed by atoms with E-state index in [0.29, 0.717) is 17.9 Å². The minimum atomic E-state index is -1.37. The molecule has 21 heavy (non-hydrogen) atoms. The number of aromatic nitrogens is 1.